The van der Waals surface area contributed by atoms with E-state index in [-0.39, 0.29) is 0 Å². The minimum absolute atomic E-state index is 0.580. The summed E-state index contributed by atoms with van der Waals surface area (Å²) in [6.07, 6.45) is 3.48. The molecule has 0 bridgehead atoms. The molecule has 0 spiro atoms. The van der Waals surface area contributed by atoms with Crippen LogP contribution < -0.4 is 4.74 Å². The summed E-state index contributed by atoms with van der Waals surface area (Å²) in [6.45, 7) is 0.580. The van der Waals surface area contributed by atoms with Crippen molar-refractivity contribution >= 4 is 41.2 Å². The third kappa shape index (κ3) is 5.96. The van der Waals surface area contributed by atoms with E-state index >= 15 is 0 Å². The minimum Gasteiger partial charge on any atom is -0.497 e. The van der Waals surface area contributed by atoms with Crippen LogP contribution >= 0.6 is 35.0 Å². The monoisotopic (exact) mass is 417 g/mol. The topological polar surface area (TPSA) is 47.4 Å². The molecule has 0 amide bonds. The van der Waals surface area contributed by atoms with Crippen LogP contribution in [0, 0.1) is 0 Å². The van der Waals surface area contributed by atoms with E-state index in [0.717, 1.165) is 22.6 Å². The first kappa shape index (κ1) is 19.7. The summed E-state index contributed by atoms with van der Waals surface area (Å²) in [5, 5.41) is 1.95. The van der Waals surface area contributed by atoms with Crippen molar-refractivity contribution in [2.45, 2.75) is 17.5 Å². The number of benzene rings is 2. The quantitative estimate of drug-likeness (QED) is 0.280. The van der Waals surface area contributed by atoms with E-state index in [4.69, 9.17) is 27.9 Å². The van der Waals surface area contributed by atoms with Crippen molar-refractivity contribution in [1.29, 1.82) is 0 Å². The first-order chi connectivity index (χ1) is 13.1. The Kier molecular flexibility index (Phi) is 7.10. The van der Waals surface area contributed by atoms with E-state index in [9.17, 15) is 0 Å². The first-order valence-corrected chi connectivity index (χ1v) is 9.91. The van der Waals surface area contributed by atoms with Gasteiger partial charge < -0.3 is 4.74 Å². The van der Waals surface area contributed by atoms with Gasteiger partial charge in [-0.1, -0.05) is 53.2 Å². The van der Waals surface area contributed by atoms with Gasteiger partial charge >= 0.3 is 0 Å². The third-order valence-electron chi connectivity index (χ3n) is 3.68. The molecule has 0 fully saturated rings. The van der Waals surface area contributed by atoms with Crippen LogP contribution in [0.2, 0.25) is 10.0 Å². The summed E-state index contributed by atoms with van der Waals surface area (Å²) in [4.78, 5) is 13.3. The van der Waals surface area contributed by atoms with Crippen molar-refractivity contribution in [3.63, 3.8) is 0 Å². The second-order valence-electron chi connectivity index (χ2n) is 5.61. The van der Waals surface area contributed by atoms with Crippen LogP contribution in [-0.2, 0) is 12.3 Å². The number of methoxy groups -OCH3 is 1. The molecule has 0 saturated heterocycles. The van der Waals surface area contributed by atoms with Gasteiger partial charge in [0.25, 0.3) is 0 Å². The normalized spacial score (nSPS) is 11.1. The van der Waals surface area contributed by atoms with Gasteiger partial charge in [0.05, 0.1) is 19.3 Å². The maximum absolute atomic E-state index is 6.21. The summed E-state index contributed by atoms with van der Waals surface area (Å²) < 4.78 is 5.15. The molecule has 0 radical (unpaired) electrons. The molecule has 0 atom stereocenters. The molecule has 1 heterocycles. The Morgan fingerprint density at radius 3 is 2.67 bits per heavy atom. The van der Waals surface area contributed by atoms with Crippen LogP contribution in [0.25, 0.3) is 0 Å². The summed E-state index contributed by atoms with van der Waals surface area (Å²) in [5.74, 6) is 1.50. The van der Waals surface area contributed by atoms with E-state index in [1.807, 2.05) is 42.5 Å². The molecule has 138 valence electrons. The van der Waals surface area contributed by atoms with Crippen LogP contribution in [0.3, 0.4) is 0 Å². The number of ether oxygens (including phenoxy) is 1. The fraction of sp³-hybridized carbons (Fsp3) is 0.150. The zero-order valence-electron chi connectivity index (χ0n) is 14.6. The Hall–Kier alpha value is -2.08. The number of aromatic nitrogens is 2. The standard InChI is InChI=1S/C20H17Cl2N3OS/c1-26-18-6-2-14(3-7-18)11-23-12-17-8-9-24-20(25-17)27-13-15-4-5-16(21)10-19(15)22/h2-10,12H,11,13H2,1H3. The molecule has 0 saturated carbocycles. The summed E-state index contributed by atoms with van der Waals surface area (Å²) in [6, 6.07) is 15.1. The van der Waals surface area contributed by atoms with Crippen LogP contribution in [0.4, 0.5) is 0 Å². The maximum Gasteiger partial charge on any atom is 0.188 e. The number of hydrogen-bond acceptors (Lipinski definition) is 5. The smallest absolute Gasteiger partial charge is 0.188 e. The fourth-order valence-corrected chi connectivity index (χ4v) is 3.65. The summed E-state index contributed by atoms with van der Waals surface area (Å²) >= 11 is 13.6. The van der Waals surface area contributed by atoms with Gasteiger partial charge in [-0.3, -0.25) is 4.99 Å². The Morgan fingerprint density at radius 1 is 1.11 bits per heavy atom. The van der Waals surface area contributed by atoms with Crippen LogP contribution in [-0.4, -0.2) is 23.3 Å². The van der Waals surface area contributed by atoms with E-state index in [0.29, 0.717) is 27.5 Å². The van der Waals surface area contributed by atoms with E-state index < -0.39 is 0 Å². The predicted octanol–water partition coefficient (Wildman–Crippen LogP) is 5.70. The largest absolute Gasteiger partial charge is 0.497 e. The van der Waals surface area contributed by atoms with Gasteiger partial charge in [-0.05, 0) is 41.5 Å². The van der Waals surface area contributed by atoms with Gasteiger partial charge in [0.2, 0.25) is 0 Å². The van der Waals surface area contributed by atoms with Crippen molar-refractivity contribution in [1.82, 2.24) is 9.97 Å². The molecule has 3 rings (SSSR count). The van der Waals surface area contributed by atoms with Gasteiger partial charge in [0, 0.05) is 28.2 Å². The van der Waals surface area contributed by atoms with Gasteiger partial charge in [0.15, 0.2) is 5.16 Å². The zero-order chi connectivity index (χ0) is 19.1. The molecule has 0 aliphatic carbocycles. The number of thioether (sulfide) groups is 1. The van der Waals surface area contributed by atoms with E-state index in [1.165, 1.54) is 11.8 Å². The lowest BCUT2D eigenvalue weighted by Crippen LogP contribution is -1.94. The molecule has 0 N–H and O–H groups in total. The lowest BCUT2D eigenvalue weighted by molar-refractivity contribution is 0.414. The summed E-state index contributed by atoms with van der Waals surface area (Å²) in [7, 11) is 1.65. The maximum atomic E-state index is 6.21. The van der Waals surface area contributed by atoms with Gasteiger partial charge in [-0.25, -0.2) is 9.97 Å². The molecule has 0 aliphatic rings. The Bertz CT molecular complexity index is 933. The zero-order valence-corrected chi connectivity index (χ0v) is 16.9. The second kappa shape index (κ2) is 9.74. The van der Waals surface area contributed by atoms with Crippen molar-refractivity contribution < 1.29 is 4.74 Å². The highest BCUT2D eigenvalue weighted by Crippen LogP contribution is 2.26. The molecule has 4 nitrogen and oxygen atoms in total. The first-order valence-electron chi connectivity index (χ1n) is 8.16. The Morgan fingerprint density at radius 2 is 1.93 bits per heavy atom. The van der Waals surface area contributed by atoms with Crippen molar-refractivity contribution in [2.75, 3.05) is 7.11 Å². The van der Waals surface area contributed by atoms with Crippen molar-refractivity contribution in [3.05, 3.63) is 81.6 Å². The number of halogens is 2. The van der Waals surface area contributed by atoms with Crippen LogP contribution in [0.15, 0.2) is 64.9 Å². The molecule has 3 aromatic rings. The fourth-order valence-electron chi connectivity index (χ4n) is 2.25. The highest BCUT2D eigenvalue weighted by molar-refractivity contribution is 7.98. The SMILES string of the molecule is COc1ccc(CN=Cc2ccnc(SCc3ccc(Cl)cc3Cl)n2)cc1. The molecule has 1 aromatic heterocycles. The molecule has 7 heteroatoms. The number of hydrogen-bond donors (Lipinski definition) is 0. The predicted molar refractivity (Wildman–Crippen MR) is 112 cm³/mol. The lowest BCUT2D eigenvalue weighted by atomic mass is 10.2. The highest BCUT2D eigenvalue weighted by atomic mass is 35.5. The average molecular weight is 418 g/mol. The third-order valence-corrected chi connectivity index (χ3v) is 5.18. The van der Waals surface area contributed by atoms with Crippen molar-refractivity contribution in [2.24, 2.45) is 4.99 Å². The Balaban J connectivity index is 1.59. The van der Waals surface area contributed by atoms with Crippen molar-refractivity contribution in [3.8, 4) is 5.75 Å². The van der Waals surface area contributed by atoms with E-state index in [1.54, 1.807) is 25.6 Å². The van der Waals surface area contributed by atoms with E-state index in [2.05, 4.69) is 15.0 Å². The van der Waals surface area contributed by atoms with Gasteiger partial charge in [-0.15, -0.1) is 0 Å². The average Bonchev–Trinajstić information content (AvgIpc) is 2.68. The van der Waals surface area contributed by atoms with Gasteiger partial charge in [0.1, 0.15) is 5.75 Å². The highest BCUT2D eigenvalue weighted by Gasteiger charge is 2.05. The minimum atomic E-state index is 0.580. The Labute approximate surface area is 172 Å². The van der Waals surface area contributed by atoms with Gasteiger partial charge in [-0.2, -0.15) is 0 Å². The molecule has 2 aromatic carbocycles. The van der Waals surface area contributed by atoms with Crippen LogP contribution in [0.1, 0.15) is 16.8 Å². The molecule has 27 heavy (non-hydrogen) atoms. The summed E-state index contributed by atoms with van der Waals surface area (Å²) in [5.41, 5.74) is 2.87. The molecular weight excluding hydrogens is 401 g/mol. The number of nitrogens with zero attached hydrogens (tertiary/aromatic N) is 3. The van der Waals surface area contributed by atoms with Crippen LogP contribution in [0.5, 0.6) is 5.75 Å². The molecule has 0 aliphatic heterocycles. The second-order valence-corrected chi connectivity index (χ2v) is 7.39. The lowest BCUT2D eigenvalue weighted by Gasteiger charge is -2.04. The number of aliphatic imine (C=N–C) groups is 1. The number of rotatable bonds is 7. The molecular formula is C20H17Cl2N3OS. The molecule has 0 unspecified atom stereocenters.